The summed E-state index contributed by atoms with van der Waals surface area (Å²) < 4.78 is 3.13. The van der Waals surface area contributed by atoms with Gasteiger partial charge in [0.1, 0.15) is 0 Å². The van der Waals surface area contributed by atoms with Gasteiger partial charge in [-0.2, -0.15) is 0 Å². The molecule has 5 aromatic rings. The van der Waals surface area contributed by atoms with E-state index in [1.165, 1.54) is 0 Å². The van der Waals surface area contributed by atoms with Crippen LogP contribution in [0.5, 0.6) is 0 Å². The van der Waals surface area contributed by atoms with E-state index in [0.29, 0.717) is 35.3 Å². The smallest absolute Gasteiger partial charge is 0.280 e. The van der Waals surface area contributed by atoms with E-state index in [4.69, 9.17) is 9.98 Å². The molecule has 0 spiro atoms. The maximum atomic E-state index is 13.5. The highest BCUT2D eigenvalue weighted by atomic mass is 16.1. The van der Waals surface area contributed by atoms with Gasteiger partial charge in [0.05, 0.1) is 45.3 Å². The third kappa shape index (κ3) is 5.88. The molecule has 0 fully saturated rings. The van der Waals surface area contributed by atoms with Crippen molar-refractivity contribution in [1.29, 1.82) is 0 Å². The summed E-state index contributed by atoms with van der Waals surface area (Å²) in [6, 6.07) is 26.7. The SMILES string of the molecule is CCCC(=Nc1cccc(N=C(CCC)c2c(C)[nH]n(-c3ccccc3)c2=O)c1)c1c(C)[nH]n(-c2ccccc2)c1=O. The molecule has 2 N–H and O–H groups in total. The van der Waals surface area contributed by atoms with Gasteiger partial charge >= 0.3 is 0 Å². The van der Waals surface area contributed by atoms with Crippen molar-refractivity contribution < 1.29 is 0 Å². The van der Waals surface area contributed by atoms with Crippen LogP contribution >= 0.6 is 0 Å². The van der Waals surface area contributed by atoms with Crippen LogP contribution in [0, 0.1) is 13.8 Å². The molecule has 0 bridgehead atoms. The van der Waals surface area contributed by atoms with Gasteiger partial charge in [-0.15, -0.1) is 0 Å². The van der Waals surface area contributed by atoms with Gasteiger partial charge in [-0.3, -0.25) is 29.8 Å². The third-order valence-electron chi connectivity index (χ3n) is 7.08. The average Bonchev–Trinajstić information content (AvgIpc) is 3.47. The molecule has 2 heterocycles. The number of aryl methyl sites for hydroxylation is 2. The Balaban J connectivity index is 1.54. The molecule has 0 aliphatic rings. The number of benzene rings is 3. The van der Waals surface area contributed by atoms with E-state index in [1.54, 1.807) is 9.36 Å². The van der Waals surface area contributed by atoms with E-state index in [1.807, 2.05) is 98.8 Å². The minimum Gasteiger partial charge on any atom is -0.295 e. The molecule has 0 amide bonds. The summed E-state index contributed by atoms with van der Waals surface area (Å²) in [6.07, 6.45) is 2.98. The number of aliphatic imine (C=N–C) groups is 2. The summed E-state index contributed by atoms with van der Waals surface area (Å²) >= 11 is 0. The zero-order valence-electron chi connectivity index (χ0n) is 24.5. The van der Waals surface area contributed by atoms with E-state index in [-0.39, 0.29) is 11.1 Å². The molecule has 42 heavy (non-hydrogen) atoms. The second kappa shape index (κ2) is 12.7. The van der Waals surface area contributed by atoms with Crippen molar-refractivity contribution in [2.45, 2.75) is 53.4 Å². The Labute approximate surface area is 245 Å². The molecule has 0 unspecified atom stereocenters. The van der Waals surface area contributed by atoms with E-state index in [2.05, 4.69) is 24.0 Å². The summed E-state index contributed by atoms with van der Waals surface area (Å²) in [5, 5.41) is 6.43. The first-order chi connectivity index (χ1) is 20.4. The maximum Gasteiger partial charge on any atom is 0.280 e. The third-order valence-corrected chi connectivity index (χ3v) is 7.08. The van der Waals surface area contributed by atoms with Crippen LogP contribution in [0.4, 0.5) is 11.4 Å². The lowest BCUT2D eigenvalue weighted by molar-refractivity contribution is 0.835. The molecule has 2 aromatic heterocycles. The summed E-state index contributed by atoms with van der Waals surface area (Å²) in [7, 11) is 0. The number of nitrogens with one attached hydrogen (secondary N) is 2. The lowest BCUT2D eigenvalue weighted by Gasteiger charge is -2.06. The number of rotatable bonds is 10. The minimum absolute atomic E-state index is 0.122. The zero-order chi connectivity index (χ0) is 29.6. The molecule has 5 rings (SSSR count). The van der Waals surface area contributed by atoms with Crippen molar-refractivity contribution in [2.75, 3.05) is 0 Å². The lowest BCUT2D eigenvalue weighted by atomic mass is 10.1. The normalized spacial score (nSPS) is 12.2. The lowest BCUT2D eigenvalue weighted by Crippen LogP contribution is -2.20. The number of aromatic nitrogens is 4. The van der Waals surface area contributed by atoms with Gasteiger partial charge < -0.3 is 0 Å². The van der Waals surface area contributed by atoms with Crippen molar-refractivity contribution >= 4 is 22.8 Å². The van der Waals surface area contributed by atoms with Crippen molar-refractivity contribution in [3.05, 3.63) is 128 Å². The fraction of sp³-hybridized carbons (Fsp3) is 0.235. The Morgan fingerprint density at radius 2 is 1.02 bits per heavy atom. The first kappa shape index (κ1) is 28.5. The first-order valence-electron chi connectivity index (χ1n) is 14.4. The number of hydrogen-bond acceptors (Lipinski definition) is 4. The topological polar surface area (TPSA) is 100 Å². The Morgan fingerprint density at radius 1 is 0.619 bits per heavy atom. The molecule has 8 heteroatoms. The average molecular weight is 561 g/mol. The Kier molecular flexibility index (Phi) is 8.62. The monoisotopic (exact) mass is 560 g/mol. The van der Waals surface area contributed by atoms with Crippen LogP contribution in [-0.4, -0.2) is 31.0 Å². The second-order valence-electron chi connectivity index (χ2n) is 10.3. The molecular weight excluding hydrogens is 524 g/mol. The van der Waals surface area contributed by atoms with Gasteiger partial charge in [0.2, 0.25) is 0 Å². The second-order valence-corrected chi connectivity index (χ2v) is 10.3. The standard InChI is InChI=1S/C34H36N6O2/c1-5-14-29(31-23(3)37-39(33(31)41)27-18-9-7-10-19-27)35-25-16-13-17-26(22-25)36-30(15-6-2)32-24(4)38-40(34(32)42)28-20-11-8-12-21-28/h7-13,16-22,37-38H,5-6,14-15H2,1-4H3. The van der Waals surface area contributed by atoms with Gasteiger partial charge in [-0.05, 0) is 69.2 Å². The largest absolute Gasteiger partial charge is 0.295 e. The molecule has 214 valence electrons. The fourth-order valence-electron chi connectivity index (χ4n) is 5.18. The number of para-hydroxylation sites is 2. The molecular formula is C34H36N6O2. The van der Waals surface area contributed by atoms with E-state index in [9.17, 15) is 9.59 Å². The molecule has 3 aromatic carbocycles. The van der Waals surface area contributed by atoms with E-state index < -0.39 is 0 Å². The van der Waals surface area contributed by atoms with Gasteiger partial charge in [-0.25, -0.2) is 9.36 Å². The fourth-order valence-corrected chi connectivity index (χ4v) is 5.18. The number of hydrogen-bond donors (Lipinski definition) is 2. The summed E-state index contributed by atoms with van der Waals surface area (Å²) in [6.45, 7) is 7.96. The van der Waals surface area contributed by atoms with Gasteiger partial charge in [0.25, 0.3) is 11.1 Å². The summed E-state index contributed by atoms with van der Waals surface area (Å²) in [4.78, 5) is 36.9. The minimum atomic E-state index is -0.122. The molecule has 0 saturated heterocycles. The Hall–Kier alpha value is -4.98. The summed E-state index contributed by atoms with van der Waals surface area (Å²) in [5.74, 6) is 0. The van der Waals surface area contributed by atoms with Crippen LogP contribution in [0.1, 0.15) is 62.0 Å². The summed E-state index contributed by atoms with van der Waals surface area (Å²) in [5.41, 5.74) is 6.89. The van der Waals surface area contributed by atoms with Crippen molar-refractivity contribution in [3.63, 3.8) is 0 Å². The zero-order valence-corrected chi connectivity index (χ0v) is 24.5. The Morgan fingerprint density at radius 3 is 1.40 bits per heavy atom. The number of nitrogens with zero attached hydrogens (tertiary/aromatic N) is 4. The van der Waals surface area contributed by atoms with Crippen LogP contribution in [0.2, 0.25) is 0 Å². The molecule has 8 nitrogen and oxygen atoms in total. The predicted molar refractivity (Wildman–Crippen MR) is 171 cm³/mol. The van der Waals surface area contributed by atoms with Gasteiger partial charge in [-0.1, -0.05) is 69.2 Å². The van der Waals surface area contributed by atoms with Crippen LogP contribution in [0.3, 0.4) is 0 Å². The maximum absolute atomic E-state index is 13.5. The van der Waals surface area contributed by atoms with Crippen molar-refractivity contribution in [2.24, 2.45) is 9.98 Å². The number of aromatic amines is 2. The number of H-pyrrole nitrogens is 2. The highest BCUT2D eigenvalue weighted by Gasteiger charge is 2.19. The highest BCUT2D eigenvalue weighted by Crippen LogP contribution is 2.24. The molecule has 0 aliphatic heterocycles. The molecule has 0 saturated carbocycles. The van der Waals surface area contributed by atoms with E-state index >= 15 is 0 Å². The van der Waals surface area contributed by atoms with Crippen LogP contribution in [0.15, 0.2) is 105 Å². The van der Waals surface area contributed by atoms with Crippen LogP contribution in [0.25, 0.3) is 11.4 Å². The van der Waals surface area contributed by atoms with Gasteiger partial charge in [0.15, 0.2) is 0 Å². The van der Waals surface area contributed by atoms with Crippen LogP contribution < -0.4 is 11.1 Å². The van der Waals surface area contributed by atoms with Gasteiger partial charge in [0, 0.05) is 11.4 Å². The Bertz CT molecular complexity index is 1720. The van der Waals surface area contributed by atoms with Crippen molar-refractivity contribution in [1.82, 2.24) is 19.6 Å². The predicted octanol–water partition coefficient (Wildman–Crippen LogP) is 7.10. The first-order valence-corrected chi connectivity index (χ1v) is 14.4. The molecule has 0 radical (unpaired) electrons. The highest BCUT2D eigenvalue weighted by molar-refractivity contribution is 6.04. The molecule has 0 atom stereocenters. The van der Waals surface area contributed by atoms with E-state index in [0.717, 1.165) is 47.0 Å². The quantitative estimate of drug-likeness (QED) is 0.178. The molecule has 0 aliphatic carbocycles. The van der Waals surface area contributed by atoms with Crippen molar-refractivity contribution in [3.8, 4) is 11.4 Å². The van der Waals surface area contributed by atoms with Crippen LogP contribution in [-0.2, 0) is 0 Å².